The molecule has 2 amide bonds. The summed E-state index contributed by atoms with van der Waals surface area (Å²) in [6, 6.07) is 9.07. The second kappa shape index (κ2) is 8.90. The number of halogens is 1. The third-order valence-electron chi connectivity index (χ3n) is 4.60. The van der Waals surface area contributed by atoms with Crippen LogP contribution >= 0.6 is 0 Å². The number of rotatable bonds is 6. The maximum Gasteiger partial charge on any atom is 0.415 e. The van der Waals surface area contributed by atoms with Crippen LogP contribution in [0.4, 0.5) is 14.0 Å². The van der Waals surface area contributed by atoms with Crippen molar-refractivity contribution in [2.75, 3.05) is 21.1 Å². The Bertz CT molecular complexity index is 1120. The highest BCUT2D eigenvalue weighted by atomic mass is 32.2. The van der Waals surface area contributed by atoms with E-state index in [9.17, 15) is 22.4 Å². The summed E-state index contributed by atoms with van der Waals surface area (Å²) < 4.78 is 50.9. The van der Waals surface area contributed by atoms with Crippen LogP contribution in [0.2, 0.25) is 0 Å². The van der Waals surface area contributed by atoms with E-state index in [1.165, 1.54) is 41.1 Å². The van der Waals surface area contributed by atoms with E-state index in [1.807, 2.05) is 0 Å². The fourth-order valence-electron chi connectivity index (χ4n) is 2.91. The standard InChI is InChI=1S/C20H22FN3O6S/c1-22-31(27,28)12-15-6-4-5-14(18(15)21)11-24-10-13-7-8-16(29-19(25)23(2)3)9-17(13)30-20(24)26/h4-9,22H,10-12H2,1-3H3. The number of benzene rings is 2. The molecular weight excluding hydrogens is 429 g/mol. The fourth-order valence-corrected chi connectivity index (χ4v) is 3.69. The van der Waals surface area contributed by atoms with Gasteiger partial charge in [0.25, 0.3) is 0 Å². The number of sulfonamides is 1. The Hall–Kier alpha value is -3.18. The molecule has 0 aliphatic carbocycles. The third-order valence-corrected chi connectivity index (χ3v) is 5.92. The van der Waals surface area contributed by atoms with Gasteiger partial charge < -0.3 is 14.4 Å². The molecule has 0 aromatic heterocycles. The maximum absolute atomic E-state index is 14.8. The number of carbonyl (C=O) groups excluding carboxylic acids is 2. The van der Waals surface area contributed by atoms with E-state index in [0.29, 0.717) is 5.56 Å². The highest BCUT2D eigenvalue weighted by molar-refractivity contribution is 7.88. The van der Waals surface area contributed by atoms with E-state index < -0.39 is 33.8 Å². The van der Waals surface area contributed by atoms with Crippen LogP contribution in [0.3, 0.4) is 0 Å². The SMILES string of the molecule is CNS(=O)(=O)Cc1cccc(CN2Cc3ccc(OC(=O)N(C)C)cc3OC2=O)c1F. The predicted molar refractivity (Wildman–Crippen MR) is 110 cm³/mol. The van der Waals surface area contributed by atoms with Gasteiger partial charge in [0.05, 0.1) is 18.8 Å². The average Bonchev–Trinajstić information content (AvgIpc) is 2.71. The van der Waals surface area contributed by atoms with E-state index in [4.69, 9.17) is 9.47 Å². The monoisotopic (exact) mass is 451 g/mol. The van der Waals surface area contributed by atoms with Crippen molar-refractivity contribution in [3.8, 4) is 11.5 Å². The Balaban J connectivity index is 1.77. The summed E-state index contributed by atoms with van der Waals surface area (Å²) >= 11 is 0. The van der Waals surface area contributed by atoms with Crippen LogP contribution in [-0.2, 0) is 28.9 Å². The van der Waals surface area contributed by atoms with Gasteiger partial charge in [-0.1, -0.05) is 18.2 Å². The van der Waals surface area contributed by atoms with Crippen LogP contribution in [0.25, 0.3) is 0 Å². The highest BCUT2D eigenvalue weighted by Gasteiger charge is 2.27. The van der Waals surface area contributed by atoms with Crippen LogP contribution in [0.15, 0.2) is 36.4 Å². The molecule has 0 saturated heterocycles. The first kappa shape index (κ1) is 22.5. The summed E-state index contributed by atoms with van der Waals surface area (Å²) in [6.45, 7) is 0.0451. The largest absolute Gasteiger partial charge is 0.415 e. The zero-order valence-corrected chi connectivity index (χ0v) is 18.0. The van der Waals surface area contributed by atoms with Crippen molar-refractivity contribution in [2.45, 2.75) is 18.8 Å². The van der Waals surface area contributed by atoms with E-state index in [1.54, 1.807) is 26.2 Å². The smallest absolute Gasteiger partial charge is 0.410 e. The van der Waals surface area contributed by atoms with Crippen LogP contribution in [0.5, 0.6) is 11.5 Å². The number of nitrogens with one attached hydrogen (secondary N) is 1. The molecule has 1 heterocycles. The Labute approximate surface area is 179 Å². The molecule has 0 fully saturated rings. The topological polar surface area (TPSA) is 105 Å². The molecule has 0 radical (unpaired) electrons. The Kier molecular flexibility index (Phi) is 6.46. The van der Waals surface area contributed by atoms with Crippen molar-refractivity contribution in [3.63, 3.8) is 0 Å². The molecule has 1 aliphatic heterocycles. The van der Waals surface area contributed by atoms with E-state index in [-0.39, 0.29) is 35.7 Å². The second-order valence-corrected chi connectivity index (χ2v) is 9.04. The van der Waals surface area contributed by atoms with Crippen LogP contribution in [0, 0.1) is 5.82 Å². The highest BCUT2D eigenvalue weighted by Crippen LogP contribution is 2.31. The first-order valence-corrected chi connectivity index (χ1v) is 10.9. The molecule has 0 bridgehead atoms. The molecule has 166 valence electrons. The molecule has 0 atom stereocenters. The fraction of sp³-hybridized carbons (Fsp3) is 0.300. The van der Waals surface area contributed by atoms with E-state index in [0.717, 1.165) is 0 Å². The summed E-state index contributed by atoms with van der Waals surface area (Å²) in [6.07, 6.45) is -1.27. The van der Waals surface area contributed by atoms with Gasteiger partial charge in [-0.15, -0.1) is 0 Å². The van der Waals surface area contributed by atoms with Crippen molar-refractivity contribution in [1.82, 2.24) is 14.5 Å². The van der Waals surface area contributed by atoms with Crippen molar-refractivity contribution in [3.05, 3.63) is 58.9 Å². The summed E-state index contributed by atoms with van der Waals surface area (Å²) in [7, 11) is 0.692. The predicted octanol–water partition coefficient (Wildman–Crippen LogP) is 2.45. The van der Waals surface area contributed by atoms with Gasteiger partial charge >= 0.3 is 12.2 Å². The molecular formula is C20H22FN3O6S. The van der Waals surface area contributed by atoms with Gasteiger partial charge in [-0.25, -0.2) is 27.1 Å². The molecule has 0 spiro atoms. The lowest BCUT2D eigenvalue weighted by Gasteiger charge is -2.28. The third kappa shape index (κ3) is 5.30. The Morgan fingerprint density at radius 2 is 1.97 bits per heavy atom. The summed E-state index contributed by atoms with van der Waals surface area (Å²) in [5.41, 5.74) is 0.823. The number of carbonyl (C=O) groups is 2. The van der Waals surface area contributed by atoms with Crippen molar-refractivity contribution < 1.29 is 31.9 Å². The van der Waals surface area contributed by atoms with Gasteiger partial charge in [-0.05, 0) is 19.2 Å². The molecule has 3 rings (SSSR count). The number of fused-ring (bicyclic) bond motifs is 1. The maximum atomic E-state index is 14.8. The lowest BCUT2D eigenvalue weighted by atomic mass is 10.1. The van der Waals surface area contributed by atoms with Crippen LogP contribution < -0.4 is 14.2 Å². The molecule has 11 heteroatoms. The van der Waals surface area contributed by atoms with Gasteiger partial charge in [0, 0.05) is 36.9 Å². The quantitative estimate of drug-likeness (QED) is 0.723. The molecule has 31 heavy (non-hydrogen) atoms. The van der Waals surface area contributed by atoms with Gasteiger partial charge in [0.1, 0.15) is 17.3 Å². The van der Waals surface area contributed by atoms with Gasteiger partial charge in [-0.3, -0.25) is 4.90 Å². The summed E-state index contributed by atoms with van der Waals surface area (Å²) in [4.78, 5) is 26.7. The van der Waals surface area contributed by atoms with Crippen molar-refractivity contribution in [1.29, 1.82) is 0 Å². The number of hydrogen-bond donors (Lipinski definition) is 1. The zero-order chi connectivity index (χ0) is 22.8. The normalized spacial score (nSPS) is 13.4. The summed E-state index contributed by atoms with van der Waals surface area (Å²) in [5, 5.41) is 0. The number of hydrogen-bond acceptors (Lipinski definition) is 6. The van der Waals surface area contributed by atoms with Crippen LogP contribution in [0.1, 0.15) is 16.7 Å². The Morgan fingerprint density at radius 1 is 1.26 bits per heavy atom. The number of nitrogens with zero attached hydrogens (tertiary/aromatic N) is 2. The minimum atomic E-state index is -3.65. The summed E-state index contributed by atoms with van der Waals surface area (Å²) in [5.74, 6) is -0.723. The molecule has 0 saturated carbocycles. The Morgan fingerprint density at radius 3 is 2.65 bits per heavy atom. The molecule has 0 unspecified atom stereocenters. The van der Waals surface area contributed by atoms with Gasteiger partial charge in [0.2, 0.25) is 10.0 Å². The van der Waals surface area contributed by atoms with Gasteiger partial charge in [0.15, 0.2) is 0 Å². The molecule has 2 aromatic carbocycles. The molecule has 1 N–H and O–H groups in total. The first-order valence-electron chi connectivity index (χ1n) is 9.26. The minimum absolute atomic E-state index is 0.00461. The van der Waals surface area contributed by atoms with Crippen LogP contribution in [-0.4, -0.2) is 51.5 Å². The molecule has 9 nitrogen and oxygen atoms in total. The average molecular weight is 451 g/mol. The lowest BCUT2D eigenvalue weighted by Crippen LogP contribution is -2.36. The minimum Gasteiger partial charge on any atom is -0.410 e. The zero-order valence-electron chi connectivity index (χ0n) is 17.2. The number of amides is 2. The molecule has 1 aliphatic rings. The molecule has 2 aromatic rings. The van der Waals surface area contributed by atoms with Gasteiger partial charge in [-0.2, -0.15) is 0 Å². The number of ether oxygens (including phenoxy) is 2. The van der Waals surface area contributed by atoms with Crippen molar-refractivity contribution >= 4 is 22.2 Å². The first-order chi connectivity index (χ1) is 14.6. The second-order valence-electron chi connectivity index (χ2n) is 7.11. The van der Waals surface area contributed by atoms with Crippen molar-refractivity contribution in [2.24, 2.45) is 0 Å². The van der Waals surface area contributed by atoms with E-state index >= 15 is 0 Å². The lowest BCUT2D eigenvalue weighted by molar-refractivity contribution is 0.134. The van der Waals surface area contributed by atoms with E-state index in [2.05, 4.69) is 4.72 Å².